The van der Waals surface area contributed by atoms with Crippen molar-refractivity contribution in [3.8, 4) is 0 Å². The normalized spacial score (nSPS) is 13.1. The van der Waals surface area contributed by atoms with Gasteiger partial charge in [0.15, 0.2) is 5.11 Å². The van der Waals surface area contributed by atoms with E-state index in [1.165, 1.54) is 0 Å². The van der Waals surface area contributed by atoms with Gasteiger partial charge in [-0.2, -0.15) is 0 Å². The Labute approximate surface area is 250 Å². The molecular formula is C33H31ClN4O2S. The first-order valence-electron chi connectivity index (χ1n) is 13.5. The highest BCUT2D eigenvalue weighted by atomic mass is 35.5. The number of amides is 2. The summed E-state index contributed by atoms with van der Waals surface area (Å²) in [6.45, 7) is 4.55. The SMILES string of the molecule is Cc1ccccc1C(=O)N1CCN(c2ccc(NC(=S)NC(=O)C(c3ccccc3)c3ccccc3)cc2Cl)CC1. The molecular weight excluding hydrogens is 552 g/mol. The molecule has 0 aromatic heterocycles. The second-order valence-electron chi connectivity index (χ2n) is 9.96. The number of hydrogen-bond donors (Lipinski definition) is 2. The molecule has 0 aliphatic carbocycles. The van der Waals surface area contributed by atoms with Crippen LogP contribution in [0.2, 0.25) is 5.02 Å². The van der Waals surface area contributed by atoms with Gasteiger partial charge in [-0.15, -0.1) is 0 Å². The highest BCUT2D eigenvalue weighted by molar-refractivity contribution is 7.80. The Morgan fingerprint density at radius 2 is 1.39 bits per heavy atom. The minimum atomic E-state index is -0.500. The maximum Gasteiger partial charge on any atom is 0.254 e. The van der Waals surface area contributed by atoms with Gasteiger partial charge in [0.1, 0.15) is 0 Å². The summed E-state index contributed by atoms with van der Waals surface area (Å²) < 4.78 is 0. The first-order chi connectivity index (χ1) is 19.9. The zero-order valence-electron chi connectivity index (χ0n) is 22.7. The van der Waals surface area contributed by atoms with Crippen LogP contribution in [0.15, 0.2) is 103 Å². The lowest BCUT2D eigenvalue weighted by atomic mass is 9.90. The van der Waals surface area contributed by atoms with Gasteiger partial charge < -0.3 is 20.4 Å². The van der Waals surface area contributed by atoms with E-state index < -0.39 is 5.92 Å². The molecule has 1 aliphatic rings. The van der Waals surface area contributed by atoms with Gasteiger partial charge in [-0.3, -0.25) is 9.59 Å². The van der Waals surface area contributed by atoms with E-state index in [4.69, 9.17) is 23.8 Å². The standard InChI is InChI=1S/C33H31ClN4O2S/c1-23-10-8-9-15-27(23)32(40)38-20-18-37(19-21-38)29-17-16-26(22-28(29)34)35-33(41)36-31(39)30(24-11-4-2-5-12-24)25-13-6-3-7-14-25/h2-17,22,30H,18-21H2,1H3,(H2,35,36,39,41). The zero-order valence-corrected chi connectivity index (χ0v) is 24.3. The fourth-order valence-electron chi connectivity index (χ4n) is 5.11. The molecule has 5 rings (SSSR count). The molecule has 0 spiro atoms. The molecule has 1 saturated heterocycles. The van der Waals surface area contributed by atoms with E-state index in [0.29, 0.717) is 36.9 Å². The average molecular weight is 583 g/mol. The molecule has 4 aromatic rings. The molecule has 6 nitrogen and oxygen atoms in total. The number of nitrogens with one attached hydrogen (secondary N) is 2. The Hall–Kier alpha value is -4.20. The van der Waals surface area contributed by atoms with Crippen molar-refractivity contribution in [2.24, 2.45) is 0 Å². The van der Waals surface area contributed by atoms with Crippen molar-refractivity contribution in [3.63, 3.8) is 0 Å². The van der Waals surface area contributed by atoms with Crippen LogP contribution in [0.4, 0.5) is 11.4 Å². The molecule has 41 heavy (non-hydrogen) atoms. The lowest BCUT2D eigenvalue weighted by Crippen LogP contribution is -2.49. The van der Waals surface area contributed by atoms with Crippen LogP contribution in [0.5, 0.6) is 0 Å². The van der Waals surface area contributed by atoms with Gasteiger partial charge in [0.25, 0.3) is 5.91 Å². The predicted molar refractivity (Wildman–Crippen MR) is 170 cm³/mol. The van der Waals surface area contributed by atoms with Crippen LogP contribution in [0.3, 0.4) is 0 Å². The monoisotopic (exact) mass is 582 g/mol. The van der Waals surface area contributed by atoms with Gasteiger partial charge >= 0.3 is 0 Å². The summed E-state index contributed by atoms with van der Waals surface area (Å²) in [5.41, 5.74) is 5.06. The molecule has 0 unspecified atom stereocenters. The molecule has 0 radical (unpaired) electrons. The molecule has 1 aliphatic heterocycles. The van der Waals surface area contributed by atoms with Gasteiger partial charge in [-0.1, -0.05) is 90.5 Å². The van der Waals surface area contributed by atoms with Crippen LogP contribution in [0.1, 0.15) is 33.0 Å². The van der Waals surface area contributed by atoms with E-state index in [1.807, 2.05) is 109 Å². The van der Waals surface area contributed by atoms with Gasteiger partial charge in [0.2, 0.25) is 5.91 Å². The number of carbonyl (C=O) groups excluding carboxylic acids is 2. The molecule has 2 N–H and O–H groups in total. The van der Waals surface area contributed by atoms with Crippen molar-refractivity contribution in [1.82, 2.24) is 10.2 Å². The first-order valence-corrected chi connectivity index (χ1v) is 14.3. The predicted octanol–water partition coefficient (Wildman–Crippen LogP) is 6.26. The van der Waals surface area contributed by atoms with Crippen LogP contribution >= 0.6 is 23.8 Å². The quantitative estimate of drug-likeness (QED) is 0.263. The molecule has 1 heterocycles. The fourth-order valence-corrected chi connectivity index (χ4v) is 5.63. The number of benzene rings is 4. The van der Waals surface area contributed by atoms with Gasteiger partial charge in [-0.25, -0.2) is 0 Å². The average Bonchev–Trinajstić information content (AvgIpc) is 2.98. The highest BCUT2D eigenvalue weighted by Crippen LogP contribution is 2.30. The number of aryl methyl sites for hydroxylation is 1. The number of rotatable bonds is 6. The summed E-state index contributed by atoms with van der Waals surface area (Å²) in [5, 5.41) is 6.69. The Morgan fingerprint density at radius 1 is 0.805 bits per heavy atom. The Bertz CT molecular complexity index is 1500. The van der Waals surface area contributed by atoms with Gasteiger partial charge in [-0.05, 0) is 60.1 Å². The Balaban J connectivity index is 1.20. The van der Waals surface area contributed by atoms with Crippen LogP contribution in [0.25, 0.3) is 0 Å². The lowest BCUT2D eigenvalue weighted by molar-refractivity contribution is -0.120. The van der Waals surface area contributed by atoms with E-state index in [9.17, 15) is 9.59 Å². The number of piperazine rings is 1. The van der Waals surface area contributed by atoms with Crippen LogP contribution in [-0.4, -0.2) is 48.0 Å². The molecule has 1 fully saturated rings. The smallest absolute Gasteiger partial charge is 0.254 e. The molecule has 0 atom stereocenters. The Kier molecular flexibility index (Phi) is 8.97. The van der Waals surface area contributed by atoms with Crippen LogP contribution in [-0.2, 0) is 4.79 Å². The summed E-state index contributed by atoms with van der Waals surface area (Å²) in [6.07, 6.45) is 0. The minimum absolute atomic E-state index is 0.0609. The largest absolute Gasteiger partial charge is 0.367 e. The van der Waals surface area contributed by atoms with Crippen molar-refractivity contribution < 1.29 is 9.59 Å². The molecule has 208 valence electrons. The van der Waals surface area contributed by atoms with Crippen molar-refractivity contribution in [1.29, 1.82) is 0 Å². The summed E-state index contributed by atoms with van der Waals surface area (Å²) in [4.78, 5) is 30.4. The first kappa shape index (κ1) is 28.3. The van der Waals surface area contributed by atoms with Crippen molar-refractivity contribution in [2.75, 3.05) is 36.4 Å². The fraction of sp³-hybridized carbons (Fsp3) is 0.182. The summed E-state index contributed by atoms with van der Waals surface area (Å²) >= 11 is 12.2. The third-order valence-corrected chi connectivity index (χ3v) is 7.76. The highest BCUT2D eigenvalue weighted by Gasteiger charge is 2.25. The topological polar surface area (TPSA) is 64.7 Å². The number of hydrogen-bond acceptors (Lipinski definition) is 4. The summed E-state index contributed by atoms with van der Waals surface area (Å²) in [5.74, 6) is -0.661. The lowest BCUT2D eigenvalue weighted by Gasteiger charge is -2.36. The van der Waals surface area contributed by atoms with Gasteiger partial charge in [0.05, 0.1) is 16.6 Å². The number of anilines is 2. The van der Waals surface area contributed by atoms with E-state index in [0.717, 1.165) is 27.9 Å². The molecule has 0 bridgehead atoms. The summed E-state index contributed by atoms with van der Waals surface area (Å²) in [6, 6.07) is 32.6. The Morgan fingerprint density at radius 3 is 1.98 bits per heavy atom. The molecule has 0 saturated carbocycles. The zero-order chi connectivity index (χ0) is 28.8. The van der Waals surface area contributed by atoms with Crippen molar-refractivity contribution in [2.45, 2.75) is 12.8 Å². The second-order valence-corrected chi connectivity index (χ2v) is 10.8. The van der Waals surface area contributed by atoms with Crippen LogP contribution in [0, 0.1) is 6.92 Å². The third-order valence-electron chi connectivity index (χ3n) is 7.25. The van der Waals surface area contributed by atoms with E-state index >= 15 is 0 Å². The molecule has 2 amide bonds. The minimum Gasteiger partial charge on any atom is -0.367 e. The number of thiocarbonyl (C=S) groups is 1. The van der Waals surface area contributed by atoms with Crippen LogP contribution < -0.4 is 15.5 Å². The summed E-state index contributed by atoms with van der Waals surface area (Å²) in [7, 11) is 0. The van der Waals surface area contributed by atoms with E-state index in [2.05, 4.69) is 15.5 Å². The number of halogens is 1. The molecule has 8 heteroatoms. The van der Waals surface area contributed by atoms with Crippen molar-refractivity contribution in [3.05, 3.63) is 130 Å². The maximum absolute atomic E-state index is 13.4. The maximum atomic E-state index is 13.4. The number of nitrogens with zero attached hydrogens (tertiary/aromatic N) is 2. The second kappa shape index (κ2) is 13.0. The molecule has 4 aromatic carbocycles. The van der Waals surface area contributed by atoms with Crippen molar-refractivity contribution >= 4 is 52.1 Å². The van der Waals surface area contributed by atoms with E-state index in [-0.39, 0.29) is 16.9 Å². The van der Waals surface area contributed by atoms with Gasteiger partial charge in [0, 0.05) is 37.4 Å². The number of carbonyl (C=O) groups is 2. The van der Waals surface area contributed by atoms with E-state index in [1.54, 1.807) is 6.07 Å². The third kappa shape index (κ3) is 6.76.